The summed E-state index contributed by atoms with van der Waals surface area (Å²) in [7, 11) is 1.51. The topological polar surface area (TPSA) is 84.9 Å². The van der Waals surface area contributed by atoms with Crippen molar-refractivity contribution >= 4 is 29.2 Å². The maximum atomic E-state index is 12.0. The predicted molar refractivity (Wildman–Crippen MR) is 72.2 cm³/mol. The van der Waals surface area contributed by atoms with Crippen LogP contribution >= 0.6 is 11.6 Å². The van der Waals surface area contributed by atoms with Gasteiger partial charge in [-0.3, -0.25) is 4.79 Å². The molecule has 7 heteroatoms. The molecule has 0 spiro atoms. The number of halogens is 1. The zero-order valence-corrected chi connectivity index (χ0v) is 11.5. The molecule has 6 nitrogen and oxygen atoms in total. The van der Waals surface area contributed by atoms with Gasteiger partial charge in [-0.1, -0.05) is 11.6 Å². The molecular formula is C13H14ClNO5. The number of hydrogen-bond donors (Lipinski definition) is 2. The van der Waals surface area contributed by atoms with Crippen LogP contribution in [-0.2, 0) is 14.3 Å². The zero-order valence-electron chi connectivity index (χ0n) is 10.8. The summed E-state index contributed by atoms with van der Waals surface area (Å²) in [6.45, 7) is 0. The SMILES string of the molecule is COc1ccc(Cl)c(NC(=O)[C@@H]2CC[C@H](C(=O)O)O2)c1. The molecule has 0 radical (unpaired) electrons. The lowest BCUT2D eigenvalue weighted by molar-refractivity contribution is -0.150. The van der Waals surface area contributed by atoms with Crippen LogP contribution in [0.15, 0.2) is 18.2 Å². The number of rotatable bonds is 4. The van der Waals surface area contributed by atoms with Crippen molar-refractivity contribution in [2.24, 2.45) is 0 Å². The highest BCUT2D eigenvalue weighted by atomic mass is 35.5. The molecule has 1 aromatic rings. The number of nitrogens with one attached hydrogen (secondary N) is 1. The van der Waals surface area contributed by atoms with Crippen LogP contribution in [0.4, 0.5) is 5.69 Å². The van der Waals surface area contributed by atoms with E-state index in [1.54, 1.807) is 18.2 Å². The van der Waals surface area contributed by atoms with E-state index < -0.39 is 24.1 Å². The second-order valence-corrected chi connectivity index (χ2v) is 4.77. The van der Waals surface area contributed by atoms with Gasteiger partial charge in [0, 0.05) is 6.07 Å². The average Bonchev–Trinajstić information content (AvgIpc) is 2.91. The Hall–Kier alpha value is -1.79. The summed E-state index contributed by atoms with van der Waals surface area (Å²) in [5.41, 5.74) is 0.401. The highest BCUT2D eigenvalue weighted by Gasteiger charge is 2.34. The summed E-state index contributed by atoms with van der Waals surface area (Å²) in [5.74, 6) is -0.913. The smallest absolute Gasteiger partial charge is 0.332 e. The van der Waals surface area contributed by atoms with Gasteiger partial charge in [0.1, 0.15) is 11.9 Å². The number of hydrogen-bond acceptors (Lipinski definition) is 4. The van der Waals surface area contributed by atoms with Crippen molar-refractivity contribution in [3.8, 4) is 5.75 Å². The standard InChI is InChI=1S/C13H14ClNO5/c1-19-7-2-3-8(14)9(6-7)15-12(16)10-4-5-11(20-10)13(17)18/h2-3,6,10-11H,4-5H2,1H3,(H,15,16)(H,17,18)/t10-,11+/m0/s1. The van der Waals surface area contributed by atoms with Crippen molar-refractivity contribution in [3.63, 3.8) is 0 Å². The number of carbonyl (C=O) groups is 2. The molecule has 1 heterocycles. The first-order chi connectivity index (χ1) is 9.51. The van der Waals surface area contributed by atoms with Crippen LogP contribution in [0.25, 0.3) is 0 Å². The van der Waals surface area contributed by atoms with Crippen LogP contribution in [0.1, 0.15) is 12.8 Å². The van der Waals surface area contributed by atoms with Crippen LogP contribution in [-0.4, -0.2) is 36.3 Å². The van der Waals surface area contributed by atoms with Gasteiger partial charge in [-0.15, -0.1) is 0 Å². The monoisotopic (exact) mass is 299 g/mol. The molecule has 108 valence electrons. The van der Waals surface area contributed by atoms with Crippen LogP contribution in [0.2, 0.25) is 5.02 Å². The second-order valence-electron chi connectivity index (χ2n) is 4.36. The number of carboxylic acid groups (broad SMARTS) is 1. The number of anilines is 1. The van der Waals surface area contributed by atoms with Crippen molar-refractivity contribution in [3.05, 3.63) is 23.2 Å². The van der Waals surface area contributed by atoms with E-state index in [9.17, 15) is 9.59 Å². The van der Waals surface area contributed by atoms with E-state index in [0.29, 0.717) is 29.3 Å². The van der Waals surface area contributed by atoms with Gasteiger partial charge in [-0.05, 0) is 25.0 Å². The molecule has 0 unspecified atom stereocenters. The lowest BCUT2D eigenvalue weighted by Gasteiger charge is -2.13. The average molecular weight is 300 g/mol. The first-order valence-corrected chi connectivity index (χ1v) is 6.41. The maximum absolute atomic E-state index is 12.0. The molecule has 2 rings (SSSR count). The Labute approximate surface area is 120 Å². The number of benzene rings is 1. The predicted octanol–water partition coefficient (Wildman–Crippen LogP) is 1.92. The normalized spacial score (nSPS) is 21.5. The number of aliphatic carboxylic acids is 1. The number of carbonyl (C=O) groups excluding carboxylic acids is 1. The molecule has 2 atom stereocenters. The fraction of sp³-hybridized carbons (Fsp3) is 0.385. The third kappa shape index (κ3) is 3.20. The van der Waals surface area contributed by atoms with Gasteiger partial charge in [-0.25, -0.2) is 4.79 Å². The minimum Gasteiger partial charge on any atom is -0.497 e. The Morgan fingerprint density at radius 2 is 2.10 bits per heavy atom. The molecule has 0 bridgehead atoms. The van der Waals surface area contributed by atoms with Gasteiger partial charge in [-0.2, -0.15) is 0 Å². The van der Waals surface area contributed by atoms with E-state index in [1.165, 1.54) is 7.11 Å². The van der Waals surface area contributed by atoms with Gasteiger partial charge < -0.3 is 19.9 Å². The molecule has 1 fully saturated rings. The van der Waals surface area contributed by atoms with Gasteiger partial charge in [0.15, 0.2) is 6.10 Å². The molecule has 1 amide bonds. The van der Waals surface area contributed by atoms with Gasteiger partial charge >= 0.3 is 5.97 Å². The molecule has 0 aromatic heterocycles. The summed E-state index contributed by atoms with van der Waals surface area (Å²) >= 11 is 5.98. The Morgan fingerprint density at radius 3 is 2.70 bits per heavy atom. The van der Waals surface area contributed by atoms with E-state index in [2.05, 4.69) is 5.32 Å². The number of amides is 1. The summed E-state index contributed by atoms with van der Waals surface area (Å²) in [6.07, 6.45) is -1.02. The zero-order chi connectivity index (χ0) is 14.7. The van der Waals surface area contributed by atoms with E-state index >= 15 is 0 Å². The number of methoxy groups -OCH3 is 1. The molecule has 1 aliphatic heterocycles. The first-order valence-electron chi connectivity index (χ1n) is 6.04. The summed E-state index contributed by atoms with van der Waals surface area (Å²) in [6, 6.07) is 4.86. The summed E-state index contributed by atoms with van der Waals surface area (Å²) in [4.78, 5) is 22.8. The third-order valence-electron chi connectivity index (χ3n) is 3.02. The van der Waals surface area contributed by atoms with Crippen molar-refractivity contribution in [2.45, 2.75) is 25.0 Å². The molecule has 20 heavy (non-hydrogen) atoms. The molecule has 0 saturated carbocycles. The van der Waals surface area contributed by atoms with E-state index in [-0.39, 0.29) is 0 Å². The highest BCUT2D eigenvalue weighted by molar-refractivity contribution is 6.33. The Balaban J connectivity index is 2.03. The number of ether oxygens (including phenoxy) is 2. The lowest BCUT2D eigenvalue weighted by Crippen LogP contribution is -2.30. The molecule has 1 aliphatic rings. The van der Waals surface area contributed by atoms with Crippen molar-refractivity contribution in [2.75, 3.05) is 12.4 Å². The van der Waals surface area contributed by atoms with Crippen LogP contribution in [0.3, 0.4) is 0 Å². The van der Waals surface area contributed by atoms with Gasteiger partial charge in [0.25, 0.3) is 5.91 Å². The third-order valence-corrected chi connectivity index (χ3v) is 3.35. The quantitative estimate of drug-likeness (QED) is 0.887. The van der Waals surface area contributed by atoms with E-state index in [1.807, 2.05) is 0 Å². The van der Waals surface area contributed by atoms with Crippen molar-refractivity contribution in [1.82, 2.24) is 0 Å². The summed E-state index contributed by atoms with van der Waals surface area (Å²) in [5, 5.41) is 11.8. The molecule has 2 N–H and O–H groups in total. The highest BCUT2D eigenvalue weighted by Crippen LogP contribution is 2.28. The lowest BCUT2D eigenvalue weighted by atomic mass is 10.2. The van der Waals surface area contributed by atoms with Crippen molar-refractivity contribution < 1.29 is 24.2 Å². The second kappa shape index (κ2) is 6.11. The van der Waals surface area contributed by atoms with Crippen LogP contribution < -0.4 is 10.1 Å². The Kier molecular flexibility index (Phi) is 4.46. The Bertz CT molecular complexity index is 533. The van der Waals surface area contributed by atoms with Gasteiger partial charge in [0.05, 0.1) is 17.8 Å². The number of carboxylic acids is 1. The van der Waals surface area contributed by atoms with E-state index in [4.69, 9.17) is 26.2 Å². The Morgan fingerprint density at radius 1 is 1.40 bits per heavy atom. The maximum Gasteiger partial charge on any atom is 0.332 e. The minimum absolute atomic E-state index is 0.319. The molecule has 0 aliphatic carbocycles. The fourth-order valence-electron chi connectivity index (χ4n) is 1.95. The molecule has 1 aromatic carbocycles. The molecular weight excluding hydrogens is 286 g/mol. The van der Waals surface area contributed by atoms with Crippen molar-refractivity contribution in [1.29, 1.82) is 0 Å². The van der Waals surface area contributed by atoms with Crippen LogP contribution in [0, 0.1) is 0 Å². The van der Waals surface area contributed by atoms with Crippen LogP contribution in [0.5, 0.6) is 5.75 Å². The summed E-state index contributed by atoms with van der Waals surface area (Å²) < 4.78 is 10.2. The minimum atomic E-state index is -1.06. The van der Waals surface area contributed by atoms with E-state index in [0.717, 1.165) is 0 Å². The van der Waals surface area contributed by atoms with Gasteiger partial charge in [0.2, 0.25) is 0 Å². The largest absolute Gasteiger partial charge is 0.497 e. The fourth-order valence-corrected chi connectivity index (χ4v) is 2.12. The molecule has 1 saturated heterocycles. The first kappa shape index (κ1) is 14.6.